The Labute approximate surface area is 180 Å². The quantitative estimate of drug-likeness (QED) is 0.416. The van der Waals surface area contributed by atoms with Gasteiger partial charge in [-0.2, -0.15) is 0 Å². The molecule has 0 unspecified atom stereocenters. The van der Waals surface area contributed by atoms with Gasteiger partial charge in [0, 0.05) is 12.1 Å². The van der Waals surface area contributed by atoms with Crippen molar-refractivity contribution in [2.45, 2.75) is 46.6 Å². The van der Waals surface area contributed by atoms with Gasteiger partial charge in [-0.15, -0.1) is 10.2 Å². The lowest BCUT2D eigenvalue weighted by Crippen LogP contribution is -2.31. The molecule has 0 aliphatic heterocycles. The van der Waals surface area contributed by atoms with Crippen LogP contribution in [-0.2, 0) is 19.4 Å². The maximum Gasteiger partial charge on any atom is 0.283 e. The van der Waals surface area contributed by atoms with E-state index in [9.17, 15) is 4.79 Å². The molecule has 8 nitrogen and oxygen atoms in total. The van der Waals surface area contributed by atoms with Crippen LogP contribution in [0.25, 0.3) is 22.7 Å². The Kier molecular flexibility index (Phi) is 6.06. The first kappa shape index (κ1) is 20.7. The molecule has 0 spiro atoms. The summed E-state index contributed by atoms with van der Waals surface area (Å²) in [6.07, 6.45) is 3.99. The van der Waals surface area contributed by atoms with E-state index < -0.39 is 0 Å². The van der Waals surface area contributed by atoms with E-state index in [4.69, 9.17) is 18.8 Å². The van der Waals surface area contributed by atoms with E-state index in [-0.39, 0.29) is 12.5 Å². The number of rotatable bonds is 8. The zero-order chi connectivity index (χ0) is 21.8. The van der Waals surface area contributed by atoms with E-state index >= 15 is 0 Å². The summed E-state index contributed by atoms with van der Waals surface area (Å²) in [6, 6.07) is 8.97. The number of hydrogen-bond acceptors (Lipinski definition) is 7. The molecule has 3 aromatic heterocycles. The number of aryl methyl sites for hydroxylation is 2. The Bertz CT molecular complexity index is 1180. The summed E-state index contributed by atoms with van der Waals surface area (Å²) in [4.78, 5) is 24.4. The minimum Gasteiger partial charge on any atom is -0.459 e. The number of fused-ring (bicyclic) bond motifs is 1. The average Bonchev–Trinajstić information content (AvgIpc) is 3.49. The number of furan rings is 1. The molecule has 1 amide bonds. The topological polar surface area (TPSA) is 98.2 Å². The molecule has 0 saturated heterocycles. The minimum absolute atomic E-state index is 0.110. The van der Waals surface area contributed by atoms with Crippen LogP contribution in [0.4, 0.5) is 0 Å². The van der Waals surface area contributed by atoms with Crippen LogP contribution < -0.4 is 0 Å². The standard InChI is InChI=1S/C23H25N5O3/c1-4-11-28(14-21-26-27-22(31-21)20-8-7-12-30-20)23(29)15-9-10-18-19(13-15)25-17(6-3)16(5-2)24-18/h7-10,12-13H,4-6,11,14H2,1-3H3. The van der Waals surface area contributed by atoms with Crippen LogP contribution in [0, 0.1) is 0 Å². The lowest BCUT2D eigenvalue weighted by atomic mass is 10.1. The molecule has 31 heavy (non-hydrogen) atoms. The van der Waals surface area contributed by atoms with Gasteiger partial charge in [0.1, 0.15) is 0 Å². The zero-order valence-electron chi connectivity index (χ0n) is 18.0. The summed E-state index contributed by atoms with van der Waals surface area (Å²) < 4.78 is 11.0. The van der Waals surface area contributed by atoms with Crippen molar-refractivity contribution < 1.29 is 13.6 Å². The SMILES string of the molecule is CCCN(Cc1nnc(-c2ccco2)o1)C(=O)c1ccc2nc(CC)c(CC)nc2c1. The summed E-state index contributed by atoms with van der Waals surface area (Å²) in [7, 11) is 0. The van der Waals surface area contributed by atoms with Crippen LogP contribution in [0.2, 0.25) is 0 Å². The molecular weight excluding hydrogens is 394 g/mol. The van der Waals surface area contributed by atoms with Crippen molar-refractivity contribution in [1.82, 2.24) is 25.1 Å². The Morgan fingerprint density at radius 3 is 2.45 bits per heavy atom. The third-order valence-corrected chi connectivity index (χ3v) is 5.04. The van der Waals surface area contributed by atoms with E-state index in [1.54, 1.807) is 29.4 Å². The fraction of sp³-hybridized carbons (Fsp3) is 0.348. The number of benzene rings is 1. The smallest absolute Gasteiger partial charge is 0.283 e. The van der Waals surface area contributed by atoms with E-state index in [1.165, 1.54) is 0 Å². The largest absolute Gasteiger partial charge is 0.459 e. The van der Waals surface area contributed by atoms with Crippen molar-refractivity contribution >= 4 is 16.9 Å². The molecule has 0 fully saturated rings. The highest BCUT2D eigenvalue weighted by Crippen LogP contribution is 2.21. The van der Waals surface area contributed by atoms with Gasteiger partial charge in [0.05, 0.1) is 35.2 Å². The van der Waals surface area contributed by atoms with E-state index in [0.717, 1.165) is 41.7 Å². The molecule has 0 N–H and O–H groups in total. The zero-order valence-corrected chi connectivity index (χ0v) is 18.0. The van der Waals surface area contributed by atoms with Gasteiger partial charge in [-0.25, -0.2) is 9.97 Å². The molecule has 8 heteroatoms. The number of carbonyl (C=O) groups excluding carboxylic acids is 1. The van der Waals surface area contributed by atoms with Gasteiger partial charge in [0.25, 0.3) is 11.8 Å². The maximum absolute atomic E-state index is 13.3. The van der Waals surface area contributed by atoms with Gasteiger partial charge >= 0.3 is 0 Å². The lowest BCUT2D eigenvalue weighted by molar-refractivity contribution is 0.0728. The molecule has 0 bridgehead atoms. The van der Waals surface area contributed by atoms with Gasteiger partial charge < -0.3 is 13.7 Å². The predicted octanol–water partition coefficient (Wildman–Crippen LogP) is 4.45. The monoisotopic (exact) mass is 419 g/mol. The van der Waals surface area contributed by atoms with Crippen molar-refractivity contribution in [3.63, 3.8) is 0 Å². The highest BCUT2D eigenvalue weighted by atomic mass is 16.4. The Hall–Kier alpha value is -3.55. The molecule has 4 rings (SSSR count). The van der Waals surface area contributed by atoms with E-state index in [0.29, 0.717) is 29.6 Å². The van der Waals surface area contributed by atoms with Crippen molar-refractivity contribution in [2.24, 2.45) is 0 Å². The first-order valence-electron chi connectivity index (χ1n) is 10.6. The van der Waals surface area contributed by atoms with Crippen LogP contribution in [0.3, 0.4) is 0 Å². The van der Waals surface area contributed by atoms with E-state index in [1.807, 2.05) is 19.1 Å². The summed E-state index contributed by atoms with van der Waals surface area (Å²) >= 11 is 0. The lowest BCUT2D eigenvalue weighted by Gasteiger charge is -2.20. The second kappa shape index (κ2) is 9.07. The molecule has 160 valence electrons. The molecule has 0 saturated carbocycles. The molecule has 0 aliphatic rings. The van der Waals surface area contributed by atoms with Crippen molar-refractivity contribution in [3.05, 3.63) is 59.4 Å². The summed E-state index contributed by atoms with van der Waals surface area (Å²) in [5, 5.41) is 8.08. The second-order valence-corrected chi connectivity index (χ2v) is 7.23. The fourth-order valence-electron chi connectivity index (χ4n) is 3.51. The molecule has 4 aromatic rings. The number of nitrogens with zero attached hydrogens (tertiary/aromatic N) is 5. The summed E-state index contributed by atoms with van der Waals surface area (Å²) in [5.74, 6) is 1.04. The normalized spacial score (nSPS) is 11.2. The first-order chi connectivity index (χ1) is 15.1. The third kappa shape index (κ3) is 4.33. The average molecular weight is 419 g/mol. The van der Waals surface area contributed by atoms with Gasteiger partial charge in [0.2, 0.25) is 5.89 Å². The minimum atomic E-state index is -0.110. The van der Waals surface area contributed by atoms with Crippen molar-refractivity contribution in [1.29, 1.82) is 0 Å². The molecule has 0 aliphatic carbocycles. The Morgan fingerprint density at radius 1 is 1.00 bits per heavy atom. The summed E-state index contributed by atoms with van der Waals surface area (Å²) in [5.41, 5.74) is 4.07. The first-order valence-corrected chi connectivity index (χ1v) is 10.6. The molecule has 0 atom stereocenters. The van der Waals surface area contributed by atoms with Gasteiger partial charge in [-0.05, 0) is 49.6 Å². The fourth-order valence-corrected chi connectivity index (χ4v) is 3.51. The third-order valence-electron chi connectivity index (χ3n) is 5.04. The van der Waals surface area contributed by atoms with Crippen LogP contribution in [0.5, 0.6) is 0 Å². The van der Waals surface area contributed by atoms with Crippen LogP contribution in [0.1, 0.15) is 54.8 Å². The maximum atomic E-state index is 13.3. The van der Waals surface area contributed by atoms with Gasteiger partial charge in [-0.1, -0.05) is 20.8 Å². The van der Waals surface area contributed by atoms with Crippen LogP contribution in [-0.4, -0.2) is 37.5 Å². The molecule has 3 heterocycles. The number of carbonyl (C=O) groups is 1. The highest BCUT2D eigenvalue weighted by molar-refractivity contribution is 5.97. The van der Waals surface area contributed by atoms with Crippen LogP contribution in [0.15, 0.2) is 45.4 Å². The Balaban J connectivity index is 1.59. The van der Waals surface area contributed by atoms with Gasteiger partial charge in [-0.3, -0.25) is 4.79 Å². The van der Waals surface area contributed by atoms with Crippen LogP contribution >= 0.6 is 0 Å². The second-order valence-electron chi connectivity index (χ2n) is 7.23. The molecular formula is C23H25N5O3. The van der Waals surface area contributed by atoms with Crippen molar-refractivity contribution in [3.8, 4) is 11.7 Å². The highest BCUT2D eigenvalue weighted by Gasteiger charge is 2.20. The van der Waals surface area contributed by atoms with Gasteiger partial charge in [0.15, 0.2) is 5.76 Å². The predicted molar refractivity (Wildman–Crippen MR) is 115 cm³/mol. The van der Waals surface area contributed by atoms with Crippen molar-refractivity contribution in [2.75, 3.05) is 6.54 Å². The number of aromatic nitrogens is 4. The summed E-state index contributed by atoms with van der Waals surface area (Å²) in [6.45, 7) is 6.95. The molecule has 0 radical (unpaired) electrons. The Morgan fingerprint density at radius 2 is 1.77 bits per heavy atom. The number of amides is 1. The number of hydrogen-bond donors (Lipinski definition) is 0. The van der Waals surface area contributed by atoms with E-state index in [2.05, 4.69) is 24.0 Å². The molecule has 1 aromatic carbocycles.